The van der Waals surface area contributed by atoms with Crippen LogP contribution in [0, 0.1) is 11.8 Å². The molecule has 1 aliphatic rings. The second-order valence-electron chi connectivity index (χ2n) is 5.62. The minimum atomic E-state index is -0.254. The van der Waals surface area contributed by atoms with E-state index in [0.29, 0.717) is 0 Å². The molecule has 0 bridgehead atoms. The van der Waals surface area contributed by atoms with Crippen molar-refractivity contribution in [2.75, 3.05) is 0 Å². The Labute approximate surface area is 142 Å². The first-order valence-electron chi connectivity index (χ1n) is 8.00. The summed E-state index contributed by atoms with van der Waals surface area (Å²) in [4.78, 5) is 0. The van der Waals surface area contributed by atoms with E-state index in [1.165, 1.54) is 11.1 Å². The summed E-state index contributed by atoms with van der Waals surface area (Å²) in [7, 11) is 0. The molecule has 0 fully saturated rings. The van der Waals surface area contributed by atoms with E-state index in [2.05, 4.69) is 48.2 Å². The minimum Gasteiger partial charge on any atom is -0.473 e. The molecule has 0 aliphatic carbocycles. The molecule has 114 valence electrons. The number of benzene rings is 3. The van der Waals surface area contributed by atoms with E-state index in [9.17, 15) is 0 Å². The Hall–Kier alpha value is -3.24. The van der Waals surface area contributed by atoms with Gasteiger partial charge in [0.1, 0.15) is 5.75 Å². The first-order valence-corrected chi connectivity index (χ1v) is 8.00. The van der Waals surface area contributed by atoms with Crippen molar-refractivity contribution in [2.24, 2.45) is 0 Å². The van der Waals surface area contributed by atoms with E-state index in [0.717, 1.165) is 16.9 Å². The molecule has 0 N–H and O–H groups in total. The minimum absolute atomic E-state index is 0.254. The predicted octanol–water partition coefficient (Wildman–Crippen LogP) is 4.93. The third kappa shape index (κ3) is 2.95. The zero-order chi connectivity index (χ0) is 16.2. The highest BCUT2D eigenvalue weighted by atomic mass is 16.5. The number of ether oxygens (including phenoxy) is 1. The summed E-state index contributed by atoms with van der Waals surface area (Å²) in [6, 6.07) is 28.5. The van der Waals surface area contributed by atoms with Gasteiger partial charge in [-0.15, -0.1) is 0 Å². The summed E-state index contributed by atoms with van der Waals surface area (Å²) in [6.07, 6.45) is 1.85. The van der Waals surface area contributed by atoms with Crippen molar-refractivity contribution in [1.82, 2.24) is 0 Å². The molecule has 0 saturated carbocycles. The maximum Gasteiger partial charge on any atom is 0.178 e. The van der Waals surface area contributed by atoms with Crippen molar-refractivity contribution >= 4 is 5.57 Å². The molecule has 4 rings (SSSR count). The average molecular weight is 308 g/mol. The largest absolute Gasteiger partial charge is 0.473 e. The van der Waals surface area contributed by atoms with Crippen LogP contribution in [0.15, 0.2) is 91.0 Å². The van der Waals surface area contributed by atoms with Crippen molar-refractivity contribution in [1.29, 1.82) is 0 Å². The van der Waals surface area contributed by atoms with Crippen LogP contribution >= 0.6 is 0 Å². The van der Waals surface area contributed by atoms with Gasteiger partial charge in [-0.2, -0.15) is 0 Å². The third-order valence-electron chi connectivity index (χ3n) is 3.97. The van der Waals surface area contributed by atoms with Crippen LogP contribution in [-0.4, -0.2) is 6.10 Å². The first kappa shape index (κ1) is 14.4. The van der Waals surface area contributed by atoms with E-state index in [1.54, 1.807) is 0 Å². The van der Waals surface area contributed by atoms with Crippen LogP contribution in [0.3, 0.4) is 0 Å². The van der Waals surface area contributed by atoms with Crippen LogP contribution in [0.4, 0.5) is 0 Å². The summed E-state index contributed by atoms with van der Waals surface area (Å²) < 4.78 is 6.06. The molecule has 1 unspecified atom stereocenters. The molecule has 1 atom stereocenters. The fourth-order valence-electron chi connectivity index (χ4n) is 2.82. The van der Waals surface area contributed by atoms with E-state index in [-0.39, 0.29) is 6.10 Å². The van der Waals surface area contributed by atoms with E-state index in [1.807, 2.05) is 54.6 Å². The molecule has 3 aromatic rings. The quantitative estimate of drug-likeness (QED) is 0.579. The van der Waals surface area contributed by atoms with Crippen molar-refractivity contribution in [3.05, 3.63) is 108 Å². The summed E-state index contributed by atoms with van der Waals surface area (Å²) in [5.74, 6) is 7.31. The number of hydrogen-bond acceptors (Lipinski definition) is 1. The Morgan fingerprint density at radius 1 is 0.708 bits per heavy atom. The van der Waals surface area contributed by atoms with Gasteiger partial charge in [-0.3, -0.25) is 0 Å². The molecular formula is C23H16O. The van der Waals surface area contributed by atoms with Gasteiger partial charge < -0.3 is 4.74 Å². The smallest absolute Gasteiger partial charge is 0.178 e. The SMILES string of the molecule is C(#CC1C=C(c2ccccc2)c2ccccc2O1)c1ccccc1. The van der Waals surface area contributed by atoms with Gasteiger partial charge in [-0.05, 0) is 41.3 Å². The Balaban J connectivity index is 1.75. The van der Waals surface area contributed by atoms with Crippen molar-refractivity contribution < 1.29 is 4.74 Å². The van der Waals surface area contributed by atoms with Crippen LogP contribution in [0.5, 0.6) is 5.75 Å². The van der Waals surface area contributed by atoms with Crippen LogP contribution < -0.4 is 4.74 Å². The topological polar surface area (TPSA) is 9.23 Å². The highest BCUT2D eigenvalue weighted by molar-refractivity contribution is 5.84. The monoisotopic (exact) mass is 308 g/mol. The standard InChI is InChI=1S/C23H16O/c1-3-9-18(10-4-1)15-16-20-17-22(19-11-5-2-6-12-19)21-13-7-8-14-23(21)24-20/h1-14,17,20H. The molecule has 0 saturated heterocycles. The Morgan fingerprint density at radius 3 is 2.17 bits per heavy atom. The molecule has 0 spiro atoms. The fourth-order valence-corrected chi connectivity index (χ4v) is 2.82. The first-order chi connectivity index (χ1) is 11.9. The van der Waals surface area contributed by atoms with Crippen LogP contribution in [0.1, 0.15) is 16.7 Å². The van der Waals surface area contributed by atoms with Gasteiger partial charge in [0.05, 0.1) is 0 Å². The summed E-state index contributed by atoms with van der Waals surface area (Å²) in [5.41, 5.74) is 4.46. The van der Waals surface area contributed by atoms with Gasteiger partial charge in [0.2, 0.25) is 0 Å². The van der Waals surface area contributed by atoms with Gasteiger partial charge in [0.25, 0.3) is 0 Å². The summed E-state index contributed by atoms with van der Waals surface area (Å²) in [6.45, 7) is 0. The molecule has 1 aliphatic heterocycles. The highest BCUT2D eigenvalue weighted by Gasteiger charge is 2.19. The van der Waals surface area contributed by atoms with Gasteiger partial charge in [0.15, 0.2) is 6.10 Å². The van der Waals surface area contributed by atoms with Crippen LogP contribution in [-0.2, 0) is 0 Å². The maximum absolute atomic E-state index is 6.06. The molecule has 0 radical (unpaired) electrons. The molecule has 1 heteroatoms. The van der Waals surface area contributed by atoms with E-state index in [4.69, 9.17) is 4.74 Å². The highest BCUT2D eigenvalue weighted by Crippen LogP contribution is 2.35. The van der Waals surface area contributed by atoms with Gasteiger partial charge in [-0.1, -0.05) is 72.7 Å². The lowest BCUT2D eigenvalue weighted by atomic mass is 9.94. The van der Waals surface area contributed by atoms with E-state index >= 15 is 0 Å². The molecule has 0 amide bonds. The van der Waals surface area contributed by atoms with Gasteiger partial charge in [0, 0.05) is 11.1 Å². The van der Waals surface area contributed by atoms with Crippen molar-refractivity contribution in [3.8, 4) is 17.6 Å². The molecule has 1 nitrogen and oxygen atoms in total. The second kappa shape index (κ2) is 6.48. The number of hydrogen-bond donors (Lipinski definition) is 0. The molecule has 0 aromatic heterocycles. The Kier molecular flexibility index (Phi) is 3.88. The van der Waals surface area contributed by atoms with Gasteiger partial charge in [-0.25, -0.2) is 0 Å². The van der Waals surface area contributed by atoms with Crippen LogP contribution in [0.2, 0.25) is 0 Å². The lowest BCUT2D eigenvalue weighted by Crippen LogP contribution is -2.17. The number of para-hydroxylation sites is 1. The Morgan fingerprint density at radius 2 is 1.38 bits per heavy atom. The Bertz CT molecular complexity index is 928. The lowest BCUT2D eigenvalue weighted by Gasteiger charge is -2.22. The molecule has 3 aromatic carbocycles. The lowest BCUT2D eigenvalue weighted by molar-refractivity contribution is 0.300. The molecule has 1 heterocycles. The van der Waals surface area contributed by atoms with Crippen molar-refractivity contribution in [3.63, 3.8) is 0 Å². The predicted molar refractivity (Wildman–Crippen MR) is 97.7 cm³/mol. The zero-order valence-corrected chi connectivity index (χ0v) is 13.1. The van der Waals surface area contributed by atoms with Crippen LogP contribution in [0.25, 0.3) is 5.57 Å². The third-order valence-corrected chi connectivity index (χ3v) is 3.97. The second-order valence-corrected chi connectivity index (χ2v) is 5.62. The average Bonchev–Trinajstić information content (AvgIpc) is 2.67. The normalized spacial score (nSPS) is 15.3. The molecular weight excluding hydrogens is 292 g/mol. The zero-order valence-electron chi connectivity index (χ0n) is 13.1. The molecule has 24 heavy (non-hydrogen) atoms. The maximum atomic E-state index is 6.06. The van der Waals surface area contributed by atoms with Gasteiger partial charge >= 0.3 is 0 Å². The van der Waals surface area contributed by atoms with Crippen molar-refractivity contribution in [2.45, 2.75) is 6.10 Å². The number of rotatable bonds is 1. The van der Waals surface area contributed by atoms with E-state index < -0.39 is 0 Å². The fraction of sp³-hybridized carbons (Fsp3) is 0.0435. The summed E-state index contributed by atoms with van der Waals surface area (Å²) in [5, 5.41) is 0. The number of fused-ring (bicyclic) bond motifs is 1. The summed E-state index contributed by atoms with van der Waals surface area (Å²) >= 11 is 0.